The monoisotopic (exact) mass is 191 g/mol. The fraction of sp³-hybridized carbons (Fsp3) is 0.364. The van der Waals surface area contributed by atoms with Gasteiger partial charge in [0.1, 0.15) is 5.75 Å². The van der Waals surface area contributed by atoms with Gasteiger partial charge in [-0.25, -0.2) is 0 Å². The average molecular weight is 191 g/mol. The van der Waals surface area contributed by atoms with Gasteiger partial charge in [-0.2, -0.15) is 0 Å². The summed E-state index contributed by atoms with van der Waals surface area (Å²) in [5.74, 6) is 1.01. The summed E-state index contributed by atoms with van der Waals surface area (Å²) < 4.78 is 5.57. The van der Waals surface area contributed by atoms with Crippen LogP contribution in [0.3, 0.4) is 0 Å². The topological polar surface area (TPSA) is 41.8 Å². The number of rotatable bonds is 1. The molecule has 74 valence electrons. The van der Waals surface area contributed by atoms with Gasteiger partial charge in [0.25, 0.3) is 0 Å². The van der Waals surface area contributed by atoms with E-state index in [-0.39, 0.29) is 5.92 Å². The molecular weight excluding hydrogens is 178 g/mol. The lowest BCUT2D eigenvalue weighted by Crippen LogP contribution is -2.27. The molecule has 0 saturated heterocycles. The zero-order valence-corrected chi connectivity index (χ0v) is 8.10. The van der Waals surface area contributed by atoms with Gasteiger partial charge >= 0.3 is 0 Å². The lowest BCUT2D eigenvalue weighted by atomic mass is 9.92. The highest BCUT2D eigenvalue weighted by Gasteiger charge is 2.25. The Labute approximate surface area is 83.0 Å². The third-order valence-corrected chi connectivity index (χ3v) is 2.59. The number of hydrogen-bond acceptors (Lipinski definition) is 3. The van der Waals surface area contributed by atoms with E-state index in [1.807, 2.05) is 24.3 Å². The van der Waals surface area contributed by atoms with Crippen LogP contribution >= 0.6 is 0 Å². The minimum Gasteiger partial charge on any atom is -0.492 e. The van der Waals surface area contributed by atoms with E-state index >= 15 is 0 Å². The molecule has 1 aliphatic heterocycles. The summed E-state index contributed by atoms with van der Waals surface area (Å²) in [6.07, 6.45) is 0.924. The van der Waals surface area contributed by atoms with E-state index in [1.54, 1.807) is 0 Å². The van der Waals surface area contributed by atoms with Gasteiger partial charge in [0.2, 0.25) is 0 Å². The van der Waals surface area contributed by atoms with Crippen LogP contribution in [0.15, 0.2) is 29.4 Å². The van der Waals surface area contributed by atoms with Crippen molar-refractivity contribution in [3.05, 3.63) is 29.8 Å². The molecule has 0 spiro atoms. The second kappa shape index (κ2) is 3.70. The smallest absolute Gasteiger partial charge is 0.128 e. The normalized spacial score (nSPS) is 22.9. The van der Waals surface area contributed by atoms with Gasteiger partial charge in [0.15, 0.2) is 0 Å². The number of para-hydroxylation sites is 1. The molecule has 0 saturated carbocycles. The van der Waals surface area contributed by atoms with Crippen LogP contribution in [0.25, 0.3) is 0 Å². The summed E-state index contributed by atoms with van der Waals surface area (Å²) in [7, 11) is 0. The predicted octanol–water partition coefficient (Wildman–Crippen LogP) is 2.28. The molecule has 1 aromatic carbocycles. The number of benzene rings is 1. The molecule has 1 unspecified atom stereocenters. The first-order chi connectivity index (χ1) is 6.86. The summed E-state index contributed by atoms with van der Waals surface area (Å²) in [6.45, 7) is 2.67. The Hall–Kier alpha value is -1.51. The molecular formula is C11H13NO2. The maximum Gasteiger partial charge on any atom is 0.128 e. The molecule has 3 heteroatoms. The molecule has 0 fully saturated rings. The number of ether oxygens (including phenoxy) is 1. The van der Waals surface area contributed by atoms with Crippen LogP contribution in [0.5, 0.6) is 5.75 Å². The van der Waals surface area contributed by atoms with E-state index < -0.39 is 0 Å². The Morgan fingerprint density at radius 1 is 1.50 bits per heavy atom. The highest BCUT2D eigenvalue weighted by Crippen LogP contribution is 2.28. The quantitative estimate of drug-likeness (QED) is 0.546. The summed E-state index contributed by atoms with van der Waals surface area (Å²) in [6, 6.07) is 7.66. The largest absolute Gasteiger partial charge is 0.492 e. The predicted molar refractivity (Wildman–Crippen MR) is 54.0 cm³/mol. The van der Waals surface area contributed by atoms with Gasteiger partial charge in [-0.1, -0.05) is 24.2 Å². The van der Waals surface area contributed by atoms with E-state index in [4.69, 9.17) is 9.94 Å². The zero-order valence-electron chi connectivity index (χ0n) is 8.10. The fourth-order valence-electron chi connectivity index (χ4n) is 1.74. The second-order valence-electron chi connectivity index (χ2n) is 3.40. The minimum atomic E-state index is 0.204. The fourth-order valence-corrected chi connectivity index (χ4v) is 1.74. The van der Waals surface area contributed by atoms with Crippen molar-refractivity contribution in [1.82, 2.24) is 0 Å². The van der Waals surface area contributed by atoms with Crippen LogP contribution in [0.4, 0.5) is 0 Å². The molecule has 1 atom stereocenters. The molecule has 0 amide bonds. The van der Waals surface area contributed by atoms with Crippen LogP contribution in [0, 0.1) is 5.92 Å². The van der Waals surface area contributed by atoms with Crippen LogP contribution < -0.4 is 4.74 Å². The molecule has 14 heavy (non-hydrogen) atoms. The van der Waals surface area contributed by atoms with E-state index in [2.05, 4.69) is 12.1 Å². The Morgan fingerprint density at radius 2 is 2.29 bits per heavy atom. The minimum absolute atomic E-state index is 0.204. The van der Waals surface area contributed by atoms with Crippen molar-refractivity contribution in [1.29, 1.82) is 0 Å². The molecule has 1 heterocycles. The van der Waals surface area contributed by atoms with Crippen molar-refractivity contribution in [2.24, 2.45) is 11.1 Å². The molecule has 1 N–H and O–H groups in total. The standard InChI is InChI=1S/C11H13NO2/c1-2-8-7-14-10-6-4-3-5-9(10)11(8)12-13/h3-6,8,13H,2,7H2,1H3/b12-11+. The Morgan fingerprint density at radius 3 is 3.00 bits per heavy atom. The Balaban J connectivity index is 2.45. The zero-order chi connectivity index (χ0) is 9.97. The first kappa shape index (κ1) is 9.06. The second-order valence-corrected chi connectivity index (χ2v) is 3.40. The molecule has 2 rings (SSSR count). The number of hydrogen-bond donors (Lipinski definition) is 1. The Kier molecular flexibility index (Phi) is 2.39. The maximum absolute atomic E-state index is 8.97. The molecule has 1 aromatic rings. The molecule has 0 radical (unpaired) electrons. The van der Waals surface area contributed by atoms with Crippen LogP contribution in [-0.4, -0.2) is 17.5 Å². The first-order valence-corrected chi connectivity index (χ1v) is 4.81. The number of oxime groups is 1. The van der Waals surface area contributed by atoms with E-state index in [0.29, 0.717) is 6.61 Å². The van der Waals surface area contributed by atoms with Crippen LogP contribution in [-0.2, 0) is 0 Å². The third kappa shape index (κ3) is 1.35. The van der Waals surface area contributed by atoms with Gasteiger partial charge in [-0.3, -0.25) is 0 Å². The summed E-state index contributed by atoms with van der Waals surface area (Å²) in [5.41, 5.74) is 1.66. The maximum atomic E-state index is 8.97. The summed E-state index contributed by atoms with van der Waals surface area (Å²) in [4.78, 5) is 0. The average Bonchev–Trinajstić information content (AvgIpc) is 2.27. The van der Waals surface area contributed by atoms with E-state index in [9.17, 15) is 0 Å². The summed E-state index contributed by atoms with van der Waals surface area (Å²) in [5, 5.41) is 12.3. The van der Waals surface area contributed by atoms with E-state index in [1.165, 1.54) is 0 Å². The van der Waals surface area contributed by atoms with E-state index in [0.717, 1.165) is 23.4 Å². The van der Waals surface area contributed by atoms with Gasteiger partial charge in [0, 0.05) is 11.5 Å². The molecule has 0 bridgehead atoms. The van der Waals surface area contributed by atoms with Gasteiger partial charge in [0.05, 0.1) is 12.3 Å². The van der Waals surface area contributed by atoms with Gasteiger partial charge < -0.3 is 9.94 Å². The third-order valence-electron chi connectivity index (χ3n) is 2.59. The highest BCUT2D eigenvalue weighted by atomic mass is 16.5. The van der Waals surface area contributed by atoms with Crippen molar-refractivity contribution >= 4 is 5.71 Å². The van der Waals surface area contributed by atoms with Crippen molar-refractivity contribution in [2.45, 2.75) is 13.3 Å². The van der Waals surface area contributed by atoms with Crippen molar-refractivity contribution in [2.75, 3.05) is 6.61 Å². The van der Waals surface area contributed by atoms with Crippen molar-refractivity contribution in [3.8, 4) is 5.75 Å². The molecule has 1 aliphatic rings. The van der Waals surface area contributed by atoms with Crippen LogP contribution in [0.2, 0.25) is 0 Å². The van der Waals surface area contributed by atoms with Crippen LogP contribution in [0.1, 0.15) is 18.9 Å². The lowest BCUT2D eigenvalue weighted by Gasteiger charge is -2.24. The molecule has 0 aliphatic carbocycles. The van der Waals surface area contributed by atoms with Gasteiger partial charge in [-0.15, -0.1) is 0 Å². The highest BCUT2D eigenvalue weighted by molar-refractivity contribution is 6.04. The first-order valence-electron chi connectivity index (χ1n) is 4.81. The van der Waals surface area contributed by atoms with Crippen molar-refractivity contribution in [3.63, 3.8) is 0 Å². The molecule has 3 nitrogen and oxygen atoms in total. The number of fused-ring (bicyclic) bond motifs is 1. The molecule has 0 aromatic heterocycles. The van der Waals surface area contributed by atoms with Gasteiger partial charge in [-0.05, 0) is 18.6 Å². The summed E-state index contributed by atoms with van der Waals surface area (Å²) >= 11 is 0. The number of nitrogens with zero attached hydrogens (tertiary/aromatic N) is 1. The Bertz CT molecular complexity index is 360. The lowest BCUT2D eigenvalue weighted by molar-refractivity contribution is 0.258. The van der Waals surface area contributed by atoms with Crippen molar-refractivity contribution < 1.29 is 9.94 Å². The SMILES string of the molecule is CCC1COc2ccccc2/C1=N/O.